The lowest BCUT2D eigenvalue weighted by Gasteiger charge is -2.30. The van der Waals surface area contributed by atoms with Gasteiger partial charge in [-0.1, -0.05) is 149 Å². The number of hydrogen-bond donors (Lipinski definition) is 0. The Hall–Kier alpha value is -7.62. The molecule has 63 heavy (non-hydrogen) atoms. The largest absolute Gasteiger partial charge is 0.456 e. The number of anilines is 3. The van der Waals surface area contributed by atoms with Crippen LogP contribution in [0.25, 0.3) is 88.4 Å². The number of benzene rings is 9. The van der Waals surface area contributed by atoms with Gasteiger partial charge in [0.2, 0.25) is 0 Å². The van der Waals surface area contributed by atoms with Crippen LogP contribution in [0.4, 0.5) is 17.1 Å². The van der Waals surface area contributed by atoms with E-state index in [9.17, 15) is 0 Å². The minimum absolute atomic E-state index is 0.126. The van der Waals surface area contributed by atoms with Crippen LogP contribution in [0.3, 0.4) is 0 Å². The first-order valence-corrected chi connectivity index (χ1v) is 22.0. The first kappa shape index (κ1) is 36.1. The predicted molar refractivity (Wildman–Crippen MR) is 262 cm³/mol. The van der Waals surface area contributed by atoms with Gasteiger partial charge < -0.3 is 13.7 Å². The smallest absolute Gasteiger partial charge is 0.143 e. The van der Waals surface area contributed by atoms with E-state index in [-0.39, 0.29) is 10.8 Å². The molecule has 0 atom stereocenters. The van der Waals surface area contributed by atoms with E-state index in [1.165, 1.54) is 50.1 Å². The molecule has 13 rings (SSSR count). The van der Waals surface area contributed by atoms with Crippen LogP contribution >= 0.6 is 0 Å². The molecule has 2 heterocycles. The minimum atomic E-state index is -0.245. The summed E-state index contributed by atoms with van der Waals surface area (Å²) in [5, 5.41) is 4.57. The second kappa shape index (κ2) is 13.0. The van der Waals surface area contributed by atoms with Crippen LogP contribution in [0.2, 0.25) is 0 Å². The topological polar surface area (TPSA) is 29.5 Å². The van der Waals surface area contributed by atoms with Crippen molar-refractivity contribution < 1.29 is 8.83 Å². The lowest BCUT2D eigenvalue weighted by Crippen LogP contribution is -2.18. The molecule has 0 radical (unpaired) electrons. The van der Waals surface area contributed by atoms with Crippen molar-refractivity contribution in [3.63, 3.8) is 0 Å². The van der Waals surface area contributed by atoms with Crippen LogP contribution in [0.1, 0.15) is 49.9 Å². The van der Waals surface area contributed by atoms with Crippen molar-refractivity contribution in [2.45, 2.75) is 38.5 Å². The molecule has 0 saturated carbocycles. The summed E-state index contributed by atoms with van der Waals surface area (Å²) in [6.07, 6.45) is 0. The summed E-state index contributed by atoms with van der Waals surface area (Å²) in [6.45, 7) is 9.47. The Balaban J connectivity index is 0.927. The molecular weight excluding hydrogens is 767 g/mol. The highest BCUT2D eigenvalue weighted by Crippen LogP contribution is 2.54. The number of nitrogens with zero attached hydrogens (tertiary/aromatic N) is 1. The van der Waals surface area contributed by atoms with Gasteiger partial charge in [-0.05, 0) is 128 Å². The molecule has 0 bridgehead atoms. The standard InChI is InChI=1S/C60H43NO2/c1-59(2)51-17-8-5-12-43(51)45-29-26-40(34-53(45)59)61(39-24-20-36(21-25-39)37-23-31-57-50(32-37)48-14-7-9-18-55(48)62-57)41-27-30-46-44-28-22-38(33-52(44)60(3,4)54(46)35-41)42-15-11-16-49-47-13-6-10-19-56(47)63-58(42)49/h5-35H,1-4H3. The minimum Gasteiger partial charge on any atom is -0.456 e. The normalized spacial score (nSPS) is 14.3. The Labute approximate surface area is 366 Å². The second-order valence-corrected chi connectivity index (χ2v) is 18.5. The second-order valence-electron chi connectivity index (χ2n) is 18.5. The third-order valence-corrected chi connectivity index (χ3v) is 14.3. The van der Waals surface area contributed by atoms with Crippen LogP contribution in [0.15, 0.2) is 197 Å². The number of hydrogen-bond acceptors (Lipinski definition) is 3. The summed E-state index contributed by atoms with van der Waals surface area (Å²) < 4.78 is 12.7. The molecule has 3 nitrogen and oxygen atoms in total. The van der Waals surface area contributed by atoms with Crippen molar-refractivity contribution >= 4 is 60.9 Å². The zero-order chi connectivity index (χ0) is 42.2. The maximum absolute atomic E-state index is 6.51. The number of para-hydroxylation sites is 3. The third kappa shape index (κ3) is 5.20. The molecule has 2 aromatic heterocycles. The molecule has 0 unspecified atom stereocenters. The fourth-order valence-corrected chi connectivity index (χ4v) is 11.0. The molecule has 0 N–H and O–H groups in total. The molecular formula is C60H43NO2. The van der Waals surface area contributed by atoms with Crippen molar-refractivity contribution in [1.82, 2.24) is 0 Å². The maximum Gasteiger partial charge on any atom is 0.143 e. The zero-order valence-electron chi connectivity index (χ0n) is 35.7. The van der Waals surface area contributed by atoms with E-state index in [0.717, 1.165) is 77.6 Å². The summed E-state index contributed by atoms with van der Waals surface area (Å²) in [4.78, 5) is 2.45. The third-order valence-electron chi connectivity index (χ3n) is 14.3. The molecule has 0 amide bonds. The highest BCUT2D eigenvalue weighted by molar-refractivity contribution is 6.10. The molecule has 0 aliphatic heterocycles. The Morgan fingerprint density at radius 2 is 0.810 bits per heavy atom. The van der Waals surface area contributed by atoms with E-state index < -0.39 is 0 Å². The molecule has 9 aromatic carbocycles. The molecule has 0 spiro atoms. The first-order valence-electron chi connectivity index (χ1n) is 22.0. The number of fused-ring (bicyclic) bond motifs is 12. The lowest BCUT2D eigenvalue weighted by atomic mass is 9.81. The lowest BCUT2D eigenvalue weighted by molar-refractivity contribution is 0.659. The van der Waals surface area contributed by atoms with Gasteiger partial charge in [0.1, 0.15) is 22.3 Å². The molecule has 300 valence electrons. The molecule has 2 aliphatic rings. The number of rotatable bonds is 5. The predicted octanol–water partition coefficient (Wildman–Crippen LogP) is 16.9. The van der Waals surface area contributed by atoms with Gasteiger partial charge in [-0.25, -0.2) is 0 Å². The molecule has 3 heteroatoms. The fourth-order valence-electron chi connectivity index (χ4n) is 11.0. The van der Waals surface area contributed by atoms with Gasteiger partial charge in [0.25, 0.3) is 0 Å². The fraction of sp³-hybridized carbons (Fsp3) is 0.100. The van der Waals surface area contributed by atoms with Crippen molar-refractivity contribution in [3.05, 3.63) is 210 Å². The van der Waals surface area contributed by atoms with Crippen LogP contribution in [0.5, 0.6) is 0 Å². The Bertz CT molecular complexity index is 3690. The quantitative estimate of drug-likeness (QED) is 0.173. The van der Waals surface area contributed by atoms with Crippen molar-refractivity contribution in [3.8, 4) is 44.5 Å². The van der Waals surface area contributed by atoms with E-state index in [2.05, 4.69) is 202 Å². The number of furan rings is 2. The van der Waals surface area contributed by atoms with Crippen molar-refractivity contribution in [2.75, 3.05) is 4.90 Å². The highest BCUT2D eigenvalue weighted by atomic mass is 16.3. The molecule has 11 aromatic rings. The van der Waals surface area contributed by atoms with Crippen LogP contribution < -0.4 is 4.90 Å². The van der Waals surface area contributed by atoms with Crippen LogP contribution in [-0.2, 0) is 10.8 Å². The van der Waals surface area contributed by atoms with Crippen molar-refractivity contribution in [2.24, 2.45) is 0 Å². The highest BCUT2D eigenvalue weighted by Gasteiger charge is 2.38. The maximum atomic E-state index is 6.51. The summed E-state index contributed by atoms with van der Waals surface area (Å²) in [5.74, 6) is 0. The average molecular weight is 810 g/mol. The Kier molecular flexibility index (Phi) is 7.42. The van der Waals surface area contributed by atoms with Gasteiger partial charge >= 0.3 is 0 Å². The van der Waals surface area contributed by atoms with Gasteiger partial charge in [-0.15, -0.1) is 0 Å². The van der Waals surface area contributed by atoms with Gasteiger partial charge in [0, 0.05) is 55.0 Å². The van der Waals surface area contributed by atoms with E-state index in [1.54, 1.807) is 0 Å². The van der Waals surface area contributed by atoms with Gasteiger partial charge in [0.15, 0.2) is 0 Å². The Morgan fingerprint density at radius 3 is 1.54 bits per heavy atom. The van der Waals surface area contributed by atoms with Gasteiger partial charge in [0.05, 0.1) is 0 Å². The monoisotopic (exact) mass is 809 g/mol. The van der Waals surface area contributed by atoms with E-state index in [4.69, 9.17) is 8.83 Å². The average Bonchev–Trinajstić information content (AvgIpc) is 4.01. The zero-order valence-corrected chi connectivity index (χ0v) is 35.7. The Morgan fingerprint density at radius 1 is 0.317 bits per heavy atom. The summed E-state index contributed by atoms with van der Waals surface area (Å²) in [6, 6.07) is 68.8. The summed E-state index contributed by atoms with van der Waals surface area (Å²) in [5.41, 5.74) is 21.9. The van der Waals surface area contributed by atoms with Crippen LogP contribution in [-0.4, -0.2) is 0 Å². The summed E-state index contributed by atoms with van der Waals surface area (Å²) >= 11 is 0. The molecule has 0 saturated heterocycles. The molecule has 2 aliphatic carbocycles. The van der Waals surface area contributed by atoms with Crippen molar-refractivity contribution in [1.29, 1.82) is 0 Å². The van der Waals surface area contributed by atoms with Crippen LogP contribution in [0, 0.1) is 0 Å². The summed E-state index contributed by atoms with van der Waals surface area (Å²) in [7, 11) is 0. The van der Waals surface area contributed by atoms with Gasteiger partial charge in [-0.3, -0.25) is 0 Å². The van der Waals surface area contributed by atoms with E-state index in [0.29, 0.717) is 0 Å². The SMILES string of the molecule is CC1(C)c2ccccc2-c2ccc(N(c3ccc(-c4ccc5oc6ccccc6c5c4)cc3)c3ccc4c(c3)C(C)(C)c3cc(-c5cccc6c5oc5ccccc56)ccc3-4)cc21. The van der Waals surface area contributed by atoms with E-state index >= 15 is 0 Å². The molecule has 0 fully saturated rings. The van der Waals surface area contributed by atoms with E-state index in [1.807, 2.05) is 18.2 Å². The van der Waals surface area contributed by atoms with Gasteiger partial charge in [-0.2, -0.15) is 0 Å². The first-order chi connectivity index (χ1) is 30.7.